The van der Waals surface area contributed by atoms with Gasteiger partial charge in [0.2, 0.25) is 0 Å². The smallest absolute Gasteiger partial charge is 0.126 e. The largest absolute Gasteiger partial charge is 0.333 e. The maximum absolute atomic E-state index is 4.73. The first-order valence-corrected chi connectivity index (χ1v) is 6.05. The molecule has 0 radical (unpaired) electrons. The number of imidazole rings is 1. The molecule has 0 saturated heterocycles. The number of pyridine rings is 1. The Morgan fingerprint density at radius 1 is 1.35 bits per heavy atom. The summed E-state index contributed by atoms with van der Waals surface area (Å²) >= 11 is 0. The van der Waals surface area contributed by atoms with Crippen LogP contribution < -0.4 is 5.32 Å². The minimum atomic E-state index is 0.327. The summed E-state index contributed by atoms with van der Waals surface area (Å²) in [7, 11) is 0. The van der Waals surface area contributed by atoms with E-state index in [1.165, 1.54) is 0 Å². The fourth-order valence-electron chi connectivity index (χ4n) is 2.28. The summed E-state index contributed by atoms with van der Waals surface area (Å²) < 4.78 is 2.26. The summed E-state index contributed by atoms with van der Waals surface area (Å²) in [5.41, 5.74) is 2.17. The summed E-state index contributed by atoms with van der Waals surface area (Å²) in [6, 6.07) is 4.33. The standard InChI is InChI=1S/C13H16N4/c1-10-13-16-12(11-3-6-14-7-4-11)9-17(13)8-2-5-15-10/h3-4,6-7,9-10,15H,2,5,8H2,1H3/t10-/m0/s1. The fourth-order valence-corrected chi connectivity index (χ4v) is 2.28. The normalized spacial score (nSPS) is 19.7. The number of nitrogens with zero attached hydrogens (tertiary/aromatic N) is 3. The predicted octanol–water partition coefficient (Wildman–Crippen LogP) is 2.00. The van der Waals surface area contributed by atoms with Gasteiger partial charge in [0.25, 0.3) is 0 Å². The molecule has 0 saturated carbocycles. The van der Waals surface area contributed by atoms with Crippen LogP contribution in [0.1, 0.15) is 25.2 Å². The lowest BCUT2D eigenvalue weighted by molar-refractivity contribution is 0.571. The van der Waals surface area contributed by atoms with Crippen molar-refractivity contribution in [1.82, 2.24) is 19.9 Å². The highest BCUT2D eigenvalue weighted by Gasteiger charge is 2.17. The van der Waals surface area contributed by atoms with E-state index in [0.717, 1.165) is 36.6 Å². The van der Waals surface area contributed by atoms with E-state index in [1.807, 2.05) is 24.5 Å². The average molecular weight is 228 g/mol. The lowest BCUT2D eigenvalue weighted by atomic mass is 10.2. The van der Waals surface area contributed by atoms with E-state index >= 15 is 0 Å². The van der Waals surface area contributed by atoms with Crippen molar-refractivity contribution in [2.24, 2.45) is 0 Å². The molecule has 0 unspecified atom stereocenters. The van der Waals surface area contributed by atoms with Gasteiger partial charge in [-0.2, -0.15) is 0 Å². The minimum Gasteiger partial charge on any atom is -0.333 e. The van der Waals surface area contributed by atoms with Crippen LogP contribution in [0.15, 0.2) is 30.7 Å². The van der Waals surface area contributed by atoms with Gasteiger partial charge in [-0.1, -0.05) is 0 Å². The highest BCUT2D eigenvalue weighted by Crippen LogP contribution is 2.22. The third kappa shape index (κ3) is 1.96. The molecule has 0 aromatic carbocycles. The molecule has 0 fully saturated rings. The zero-order chi connectivity index (χ0) is 11.7. The highest BCUT2D eigenvalue weighted by molar-refractivity contribution is 5.57. The third-order valence-corrected chi connectivity index (χ3v) is 3.20. The zero-order valence-electron chi connectivity index (χ0n) is 9.93. The van der Waals surface area contributed by atoms with E-state index in [2.05, 4.69) is 28.0 Å². The molecular weight excluding hydrogens is 212 g/mol. The Kier molecular flexibility index (Phi) is 2.65. The summed E-state index contributed by atoms with van der Waals surface area (Å²) in [6.07, 6.45) is 6.92. The number of hydrogen-bond donors (Lipinski definition) is 1. The van der Waals surface area contributed by atoms with E-state index in [0.29, 0.717) is 6.04 Å². The Morgan fingerprint density at radius 2 is 2.18 bits per heavy atom. The molecule has 0 aliphatic carbocycles. The quantitative estimate of drug-likeness (QED) is 0.811. The zero-order valence-corrected chi connectivity index (χ0v) is 9.93. The van der Waals surface area contributed by atoms with Gasteiger partial charge in [-0.3, -0.25) is 4.98 Å². The molecule has 4 heteroatoms. The number of fused-ring (bicyclic) bond motifs is 1. The van der Waals surface area contributed by atoms with Crippen LogP contribution in [0.5, 0.6) is 0 Å². The van der Waals surface area contributed by atoms with Crippen LogP contribution in [0, 0.1) is 0 Å². The first-order valence-electron chi connectivity index (χ1n) is 6.05. The summed E-state index contributed by atoms with van der Waals surface area (Å²) in [4.78, 5) is 8.77. The summed E-state index contributed by atoms with van der Waals surface area (Å²) in [5, 5.41) is 3.47. The van der Waals surface area contributed by atoms with Crippen LogP contribution in [-0.2, 0) is 6.54 Å². The molecule has 1 N–H and O–H groups in total. The molecule has 0 bridgehead atoms. The molecule has 3 heterocycles. The van der Waals surface area contributed by atoms with Crippen LogP contribution in [0.25, 0.3) is 11.3 Å². The molecule has 0 amide bonds. The second kappa shape index (κ2) is 4.30. The third-order valence-electron chi connectivity index (χ3n) is 3.20. The Balaban J connectivity index is 2.02. The summed E-state index contributed by atoms with van der Waals surface area (Å²) in [5.74, 6) is 1.13. The van der Waals surface area contributed by atoms with E-state index in [9.17, 15) is 0 Å². The first-order chi connectivity index (χ1) is 8.34. The fraction of sp³-hybridized carbons (Fsp3) is 0.385. The first kappa shape index (κ1) is 10.5. The molecule has 4 nitrogen and oxygen atoms in total. The van der Waals surface area contributed by atoms with E-state index < -0.39 is 0 Å². The molecule has 17 heavy (non-hydrogen) atoms. The molecular formula is C13H16N4. The van der Waals surface area contributed by atoms with Crippen LogP contribution >= 0.6 is 0 Å². The molecule has 2 aromatic heterocycles. The van der Waals surface area contributed by atoms with Crippen molar-refractivity contribution in [3.63, 3.8) is 0 Å². The van der Waals surface area contributed by atoms with Crippen molar-refractivity contribution < 1.29 is 0 Å². The number of aryl methyl sites for hydroxylation is 1. The highest BCUT2D eigenvalue weighted by atomic mass is 15.1. The molecule has 1 atom stereocenters. The Hall–Kier alpha value is -1.68. The van der Waals surface area contributed by atoms with Crippen molar-refractivity contribution in [3.8, 4) is 11.3 Å². The lowest BCUT2D eigenvalue weighted by Crippen LogP contribution is -2.18. The van der Waals surface area contributed by atoms with Gasteiger partial charge in [0.15, 0.2) is 0 Å². The number of hydrogen-bond acceptors (Lipinski definition) is 3. The average Bonchev–Trinajstić information content (AvgIpc) is 2.72. The van der Waals surface area contributed by atoms with Gasteiger partial charge in [-0.15, -0.1) is 0 Å². The molecule has 0 spiro atoms. The van der Waals surface area contributed by atoms with Crippen molar-refractivity contribution in [3.05, 3.63) is 36.5 Å². The van der Waals surface area contributed by atoms with Crippen LogP contribution in [0.4, 0.5) is 0 Å². The second-order valence-electron chi connectivity index (χ2n) is 4.44. The van der Waals surface area contributed by atoms with Crippen LogP contribution in [0.2, 0.25) is 0 Å². The minimum absolute atomic E-state index is 0.327. The monoisotopic (exact) mass is 228 g/mol. The molecule has 1 aliphatic heterocycles. The van der Waals surface area contributed by atoms with Gasteiger partial charge >= 0.3 is 0 Å². The number of aromatic nitrogens is 3. The van der Waals surface area contributed by atoms with Crippen LogP contribution in [0.3, 0.4) is 0 Å². The second-order valence-corrected chi connectivity index (χ2v) is 4.44. The maximum Gasteiger partial charge on any atom is 0.126 e. The number of rotatable bonds is 1. The van der Waals surface area contributed by atoms with Crippen molar-refractivity contribution in [2.45, 2.75) is 25.9 Å². The van der Waals surface area contributed by atoms with Gasteiger partial charge in [0, 0.05) is 30.7 Å². The molecule has 3 rings (SSSR count). The van der Waals surface area contributed by atoms with Gasteiger partial charge in [-0.25, -0.2) is 4.98 Å². The Bertz CT molecular complexity index is 503. The lowest BCUT2D eigenvalue weighted by Gasteiger charge is -2.08. The van der Waals surface area contributed by atoms with Crippen molar-refractivity contribution in [2.75, 3.05) is 6.54 Å². The Morgan fingerprint density at radius 3 is 3.00 bits per heavy atom. The molecule has 88 valence electrons. The van der Waals surface area contributed by atoms with Gasteiger partial charge in [0.1, 0.15) is 5.82 Å². The van der Waals surface area contributed by atoms with Gasteiger partial charge in [0.05, 0.1) is 11.7 Å². The summed E-state index contributed by atoms with van der Waals surface area (Å²) in [6.45, 7) is 4.28. The van der Waals surface area contributed by atoms with E-state index in [1.54, 1.807) is 0 Å². The molecule has 1 aliphatic rings. The van der Waals surface area contributed by atoms with Gasteiger partial charge < -0.3 is 9.88 Å². The maximum atomic E-state index is 4.73. The topological polar surface area (TPSA) is 42.7 Å². The Labute approximate surface area is 101 Å². The molecule has 2 aromatic rings. The van der Waals surface area contributed by atoms with Crippen LogP contribution in [-0.4, -0.2) is 21.1 Å². The van der Waals surface area contributed by atoms with Gasteiger partial charge in [-0.05, 0) is 32.0 Å². The number of nitrogens with one attached hydrogen (secondary N) is 1. The van der Waals surface area contributed by atoms with E-state index in [4.69, 9.17) is 4.98 Å². The predicted molar refractivity (Wildman–Crippen MR) is 66.5 cm³/mol. The van der Waals surface area contributed by atoms with Crippen molar-refractivity contribution >= 4 is 0 Å². The SMILES string of the molecule is C[C@@H]1NCCCn2cc(-c3ccncc3)nc21. The van der Waals surface area contributed by atoms with E-state index in [-0.39, 0.29) is 0 Å². The van der Waals surface area contributed by atoms with Crippen molar-refractivity contribution in [1.29, 1.82) is 0 Å².